The first-order valence-corrected chi connectivity index (χ1v) is 6.56. The van der Waals surface area contributed by atoms with Gasteiger partial charge in [0, 0.05) is 11.6 Å². The van der Waals surface area contributed by atoms with Gasteiger partial charge in [-0.25, -0.2) is 9.18 Å². The Morgan fingerprint density at radius 2 is 2.11 bits per heavy atom. The number of halogens is 1. The van der Waals surface area contributed by atoms with Crippen LogP contribution in [0.4, 0.5) is 9.18 Å². The molecule has 5 heteroatoms. The number of piperidine rings is 1. The van der Waals surface area contributed by atoms with Crippen molar-refractivity contribution in [2.75, 3.05) is 0 Å². The Morgan fingerprint density at radius 3 is 2.67 bits per heavy atom. The zero-order valence-corrected chi connectivity index (χ0v) is 11.6. The van der Waals surface area contributed by atoms with E-state index in [0.717, 1.165) is 6.42 Å². The summed E-state index contributed by atoms with van der Waals surface area (Å²) in [6, 6.07) is -0.894. The maximum absolute atomic E-state index is 14.1. The standard InChI is InChI=1S/C13H23FN2O2/c1-12(2,3)18-11(17)16-9-5-6-13(16,4)7-8(15)10(9)14/h8-10H,5-7,15H2,1-4H3/t8-,9?,10-,13-/m1/s1. The number of hydrogen-bond acceptors (Lipinski definition) is 3. The van der Waals surface area contributed by atoms with E-state index in [0.29, 0.717) is 12.8 Å². The molecule has 0 aromatic carbocycles. The molecule has 2 bridgehead atoms. The topological polar surface area (TPSA) is 55.6 Å². The fourth-order valence-corrected chi connectivity index (χ4v) is 3.18. The molecule has 0 aromatic rings. The molecule has 1 unspecified atom stereocenters. The first kappa shape index (κ1) is 13.6. The first-order chi connectivity index (χ1) is 8.14. The molecule has 2 aliphatic rings. The van der Waals surface area contributed by atoms with E-state index in [1.807, 2.05) is 27.7 Å². The smallest absolute Gasteiger partial charge is 0.411 e. The van der Waals surface area contributed by atoms with Crippen LogP contribution in [0.15, 0.2) is 0 Å². The van der Waals surface area contributed by atoms with Crippen LogP contribution in [0.2, 0.25) is 0 Å². The zero-order valence-electron chi connectivity index (χ0n) is 11.6. The second-order valence-corrected chi connectivity index (χ2v) is 6.77. The second kappa shape index (κ2) is 4.08. The number of nitrogens with zero attached hydrogens (tertiary/aromatic N) is 1. The SMILES string of the molecule is CC(C)(C)OC(=O)N1C2CC[C@]1(C)C[C@@H](N)[C@H]2F. The minimum absolute atomic E-state index is 0.352. The third kappa shape index (κ3) is 2.20. The lowest BCUT2D eigenvalue weighted by Crippen LogP contribution is -2.62. The molecule has 4 atom stereocenters. The monoisotopic (exact) mass is 258 g/mol. The summed E-state index contributed by atoms with van der Waals surface area (Å²) in [6.45, 7) is 7.43. The summed E-state index contributed by atoms with van der Waals surface area (Å²) < 4.78 is 19.5. The molecule has 18 heavy (non-hydrogen) atoms. The molecule has 0 radical (unpaired) electrons. The fourth-order valence-electron chi connectivity index (χ4n) is 3.18. The lowest BCUT2D eigenvalue weighted by molar-refractivity contribution is -0.0323. The van der Waals surface area contributed by atoms with Gasteiger partial charge in [-0.15, -0.1) is 0 Å². The molecule has 1 amide bonds. The normalized spacial score (nSPS) is 39.9. The van der Waals surface area contributed by atoms with Crippen molar-refractivity contribution in [1.29, 1.82) is 0 Å². The van der Waals surface area contributed by atoms with Crippen LogP contribution in [0.1, 0.15) is 47.0 Å². The molecule has 2 N–H and O–H groups in total. The van der Waals surface area contributed by atoms with Crippen LogP contribution in [0.5, 0.6) is 0 Å². The highest BCUT2D eigenvalue weighted by Gasteiger charge is 2.56. The molecular formula is C13H23FN2O2. The number of carbonyl (C=O) groups is 1. The van der Waals surface area contributed by atoms with Gasteiger partial charge in [0.05, 0.1) is 6.04 Å². The Hall–Kier alpha value is -0.840. The van der Waals surface area contributed by atoms with Crippen LogP contribution in [0, 0.1) is 0 Å². The number of nitrogens with two attached hydrogens (primary N) is 1. The summed E-state index contributed by atoms with van der Waals surface area (Å²) in [4.78, 5) is 13.8. The highest BCUT2D eigenvalue weighted by Crippen LogP contribution is 2.45. The Labute approximate surface area is 108 Å². The van der Waals surface area contributed by atoms with Gasteiger partial charge in [0.2, 0.25) is 0 Å². The zero-order chi connectivity index (χ0) is 13.7. The van der Waals surface area contributed by atoms with Crippen LogP contribution in [0.25, 0.3) is 0 Å². The van der Waals surface area contributed by atoms with Crippen molar-refractivity contribution >= 4 is 6.09 Å². The van der Waals surface area contributed by atoms with Gasteiger partial charge >= 0.3 is 6.09 Å². The number of hydrogen-bond donors (Lipinski definition) is 1. The molecular weight excluding hydrogens is 235 g/mol. The number of alkyl halides is 1. The van der Waals surface area contributed by atoms with E-state index >= 15 is 0 Å². The molecule has 2 rings (SSSR count). The van der Waals surface area contributed by atoms with E-state index in [2.05, 4.69) is 0 Å². The van der Waals surface area contributed by atoms with Gasteiger partial charge in [-0.3, -0.25) is 4.90 Å². The van der Waals surface area contributed by atoms with Crippen molar-refractivity contribution < 1.29 is 13.9 Å². The molecule has 0 aliphatic carbocycles. The summed E-state index contributed by atoms with van der Waals surface area (Å²) in [6.07, 6.45) is 0.412. The molecule has 2 heterocycles. The van der Waals surface area contributed by atoms with Crippen LogP contribution >= 0.6 is 0 Å². The summed E-state index contributed by atoms with van der Waals surface area (Å²) in [7, 11) is 0. The van der Waals surface area contributed by atoms with Crippen molar-refractivity contribution in [2.45, 2.75) is 76.4 Å². The van der Waals surface area contributed by atoms with E-state index in [9.17, 15) is 9.18 Å². The molecule has 2 fully saturated rings. The molecule has 0 spiro atoms. The predicted octanol–water partition coefficient (Wildman–Crippen LogP) is 2.21. The van der Waals surface area contributed by atoms with E-state index in [1.165, 1.54) is 0 Å². The van der Waals surface area contributed by atoms with Crippen molar-refractivity contribution in [2.24, 2.45) is 5.73 Å². The Balaban J connectivity index is 2.20. The molecule has 0 saturated carbocycles. The second-order valence-electron chi connectivity index (χ2n) is 6.77. The van der Waals surface area contributed by atoms with Gasteiger partial charge in [-0.05, 0) is 47.0 Å². The first-order valence-electron chi connectivity index (χ1n) is 6.56. The van der Waals surface area contributed by atoms with E-state index in [-0.39, 0.29) is 5.54 Å². The van der Waals surface area contributed by atoms with Crippen molar-refractivity contribution in [1.82, 2.24) is 4.90 Å². The van der Waals surface area contributed by atoms with Crippen LogP contribution in [-0.4, -0.2) is 40.4 Å². The summed E-state index contributed by atoms with van der Waals surface area (Å²) in [5.41, 5.74) is 4.91. The third-order valence-electron chi connectivity index (χ3n) is 3.93. The molecule has 104 valence electrons. The van der Waals surface area contributed by atoms with Gasteiger partial charge in [0.25, 0.3) is 0 Å². The lowest BCUT2D eigenvalue weighted by atomic mass is 9.87. The van der Waals surface area contributed by atoms with Crippen molar-refractivity contribution in [3.8, 4) is 0 Å². The minimum atomic E-state index is -1.15. The van der Waals surface area contributed by atoms with Crippen molar-refractivity contribution in [3.05, 3.63) is 0 Å². The van der Waals surface area contributed by atoms with E-state index in [4.69, 9.17) is 10.5 Å². The Bertz CT molecular complexity index is 355. The fraction of sp³-hybridized carbons (Fsp3) is 0.923. The highest BCUT2D eigenvalue weighted by molar-refractivity contribution is 5.70. The average Bonchev–Trinajstić information content (AvgIpc) is 2.46. The van der Waals surface area contributed by atoms with Crippen LogP contribution in [-0.2, 0) is 4.74 Å². The third-order valence-corrected chi connectivity index (χ3v) is 3.93. The molecule has 2 aliphatic heterocycles. The summed E-state index contributed by atoms with van der Waals surface area (Å²) >= 11 is 0. The lowest BCUT2D eigenvalue weighted by Gasteiger charge is -2.46. The van der Waals surface area contributed by atoms with Gasteiger partial charge in [0.1, 0.15) is 11.8 Å². The van der Waals surface area contributed by atoms with Crippen LogP contribution in [0.3, 0.4) is 0 Å². The quantitative estimate of drug-likeness (QED) is 0.724. The number of ether oxygens (including phenoxy) is 1. The van der Waals surface area contributed by atoms with E-state index in [1.54, 1.807) is 4.90 Å². The number of carbonyl (C=O) groups excluding carboxylic acids is 1. The molecule has 4 nitrogen and oxygen atoms in total. The Morgan fingerprint density at radius 1 is 1.50 bits per heavy atom. The maximum atomic E-state index is 14.1. The maximum Gasteiger partial charge on any atom is 0.411 e. The van der Waals surface area contributed by atoms with Gasteiger partial charge in [-0.2, -0.15) is 0 Å². The van der Waals surface area contributed by atoms with Crippen molar-refractivity contribution in [3.63, 3.8) is 0 Å². The molecule has 2 saturated heterocycles. The molecule has 0 aromatic heterocycles. The summed E-state index contributed by atoms with van der Waals surface area (Å²) in [5.74, 6) is 0. The largest absolute Gasteiger partial charge is 0.444 e. The Kier molecular flexibility index (Phi) is 3.08. The van der Waals surface area contributed by atoms with Gasteiger partial charge in [-0.1, -0.05) is 0 Å². The van der Waals surface area contributed by atoms with Gasteiger partial charge < -0.3 is 10.5 Å². The number of amides is 1. The van der Waals surface area contributed by atoms with E-state index < -0.39 is 29.9 Å². The summed E-state index contributed by atoms with van der Waals surface area (Å²) in [5, 5.41) is 0. The highest BCUT2D eigenvalue weighted by atomic mass is 19.1. The van der Waals surface area contributed by atoms with Gasteiger partial charge in [0.15, 0.2) is 0 Å². The minimum Gasteiger partial charge on any atom is -0.444 e. The predicted molar refractivity (Wildman–Crippen MR) is 67.0 cm³/mol. The number of fused-ring (bicyclic) bond motifs is 2. The van der Waals surface area contributed by atoms with Crippen LogP contribution < -0.4 is 5.73 Å². The average molecular weight is 258 g/mol. The number of rotatable bonds is 0.